The summed E-state index contributed by atoms with van der Waals surface area (Å²) in [6.45, 7) is 0. The molecule has 0 aromatic heterocycles. The molecule has 0 aromatic carbocycles. The Kier molecular flexibility index (Phi) is 1.56. The van der Waals surface area contributed by atoms with E-state index in [9.17, 15) is 0 Å². The lowest BCUT2D eigenvalue weighted by Gasteiger charge is -2.28. The Morgan fingerprint density at radius 3 is 1.40 bits per heavy atom. The average molecular weight is 146 g/mol. The molecule has 0 aliphatic heterocycles. The molecule has 0 aromatic rings. The van der Waals surface area contributed by atoms with Crippen LogP contribution >= 0.6 is 0 Å². The molecule has 0 amide bonds. The topological polar surface area (TPSA) is 106 Å². The third kappa shape index (κ3) is 0.662. The van der Waals surface area contributed by atoms with E-state index in [2.05, 4.69) is 10.3 Å². The van der Waals surface area contributed by atoms with Crippen molar-refractivity contribution < 1.29 is 20.6 Å². The van der Waals surface area contributed by atoms with Crippen LogP contribution in [-0.4, -0.2) is 44.3 Å². The molecule has 4 N–H and O–H groups in total. The summed E-state index contributed by atoms with van der Waals surface area (Å²) in [5, 5.41) is 38.9. The minimum Gasteiger partial charge on any atom is -0.411 e. The van der Waals surface area contributed by atoms with Gasteiger partial charge in [0, 0.05) is 0 Å². The fraction of sp³-hybridized carbons (Fsp3) is 0.500. The number of aliphatic hydroxyl groups excluding tert-OH is 2. The summed E-state index contributed by atoms with van der Waals surface area (Å²) in [5.74, 6) is 0. The molecule has 56 valence electrons. The van der Waals surface area contributed by atoms with Gasteiger partial charge in [-0.1, -0.05) is 10.3 Å². The second-order valence-corrected chi connectivity index (χ2v) is 1.86. The Bertz CT molecular complexity index is 177. The molecule has 1 fully saturated rings. The van der Waals surface area contributed by atoms with Crippen LogP contribution in [0.2, 0.25) is 0 Å². The maximum Gasteiger partial charge on any atom is 0.139 e. The van der Waals surface area contributed by atoms with Crippen LogP contribution in [0.5, 0.6) is 0 Å². The van der Waals surface area contributed by atoms with E-state index in [0.717, 1.165) is 0 Å². The lowest BCUT2D eigenvalue weighted by atomic mass is 9.87. The summed E-state index contributed by atoms with van der Waals surface area (Å²) in [6.07, 6.45) is -2.48. The van der Waals surface area contributed by atoms with Crippen molar-refractivity contribution in [3.8, 4) is 0 Å². The van der Waals surface area contributed by atoms with Gasteiger partial charge in [0.2, 0.25) is 0 Å². The molecule has 2 unspecified atom stereocenters. The van der Waals surface area contributed by atoms with Crippen LogP contribution in [0.25, 0.3) is 0 Å². The quantitative estimate of drug-likeness (QED) is 0.243. The van der Waals surface area contributed by atoms with Crippen molar-refractivity contribution in [2.75, 3.05) is 0 Å². The molecule has 10 heavy (non-hydrogen) atoms. The second-order valence-electron chi connectivity index (χ2n) is 1.86. The normalized spacial score (nSPS) is 40.2. The Hall–Kier alpha value is -1.14. The second kappa shape index (κ2) is 2.24. The molecule has 0 saturated heterocycles. The average Bonchev–Trinajstić information content (AvgIpc) is 1.97. The van der Waals surface area contributed by atoms with Crippen molar-refractivity contribution in [2.24, 2.45) is 10.3 Å². The third-order valence-electron chi connectivity index (χ3n) is 1.34. The highest BCUT2D eigenvalue weighted by Crippen LogP contribution is 2.14. The lowest BCUT2D eigenvalue weighted by Crippen LogP contribution is -2.57. The zero-order valence-corrected chi connectivity index (χ0v) is 4.84. The number of oxime groups is 2. The summed E-state index contributed by atoms with van der Waals surface area (Å²) in [7, 11) is 0. The fourth-order valence-corrected chi connectivity index (χ4v) is 0.727. The first kappa shape index (κ1) is 6.97. The van der Waals surface area contributed by atoms with Gasteiger partial charge in [-0.15, -0.1) is 0 Å². The largest absolute Gasteiger partial charge is 0.411 e. The predicted molar refractivity (Wildman–Crippen MR) is 30.5 cm³/mol. The van der Waals surface area contributed by atoms with E-state index < -0.39 is 12.2 Å². The minimum absolute atomic E-state index is 0.199. The molecule has 1 aliphatic carbocycles. The molecule has 0 radical (unpaired) electrons. The van der Waals surface area contributed by atoms with Crippen molar-refractivity contribution in [3.05, 3.63) is 0 Å². The maximum absolute atomic E-state index is 8.75. The summed E-state index contributed by atoms with van der Waals surface area (Å²) in [6, 6.07) is 0. The van der Waals surface area contributed by atoms with Crippen molar-refractivity contribution in [2.45, 2.75) is 12.2 Å². The number of nitrogens with zero attached hydrogens (tertiary/aromatic N) is 2. The van der Waals surface area contributed by atoms with Gasteiger partial charge >= 0.3 is 0 Å². The van der Waals surface area contributed by atoms with Crippen molar-refractivity contribution in [1.82, 2.24) is 0 Å². The Morgan fingerprint density at radius 2 is 1.20 bits per heavy atom. The third-order valence-corrected chi connectivity index (χ3v) is 1.34. The Morgan fingerprint density at radius 1 is 0.900 bits per heavy atom. The van der Waals surface area contributed by atoms with Crippen LogP contribution in [-0.2, 0) is 0 Å². The van der Waals surface area contributed by atoms with Crippen LogP contribution in [0, 0.1) is 0 Å². The molecule has 0 spiro atoms. The highest BCUT2D eigenvalue weighted by atomic mass is 16.4. The van der Waals surface area contributed by atoms with Crippen LogP contribution in [0.4, 0.5) is 0 Å². The number of rotatable bonds is 0. The molecular weight excluding hydrogens is 140 g/mol. The minimum atomic E-state index is -1.24. The highest BCUT2D eigenvalue weighted by Gasteiger charge is 2.43. The van der Waals surface area contributed by atoms with Gasteiger partial charge in [-0.25, -0.2) is 0 Å². The fourth-order valence-electron chi connectivity index (χ4n) is 0.727. The maximum atomic E-state index is 8.75. The zero-order valence-electron chi connectivity index (χ0n) is 4.84. The van der Waals surface area contributed by atoms with Gasteiger partial charge in [0.25, 0.3) is 0 Å². The summed E-state index contributed by atoms with van der Waals surface area (Å²) in [5.41, 5.74) is -0.398. The van der Waals surface area contributed by atoms with E-state index in [0.29, 0.717) is 0 Å². The number of hydrogen-bond acceptors (Lipinski definition) is 6. The van der Waals surface area contributed by atoms with E-state index in [1.807, 2.05) is 0 Å². The molecule has 6 nitrogen and oxygen atoms in total. The van der Waals surface area contributed by atoms with Crippen LogP contribution in [0.1, 0.15) is 0 Å². The molecule has 0 bridgehead atoms. The predicted octanol–water partition coefficient (Wildman–Crippen LogP) is -1.62. The van der Waals surface area contributed by atoms with Gasteiger partial charge < -0.3 is 20.6 Å². The monoisotopic (exact) mass is 146 g/mol. The Balaban J connectivity index is 2.81. The van der Waals surface area contributed by atoms with Crippen LogP contribution < -0.4 is 0 Å². The van der Waals surface area contributed by atoms with Crippen LogP contribution in [0.3, 0.4) is 0 Å². The van der Waals surface area contributed by atoms with Gasteiger partial charge in [0.05, 0.1) is 0 Å². The Labute approximate surface area is 55.7 Å². The first-order valence-electron chi connectivity index (χ1n) is 2.52. The summed E-state index contributed by atoms with van der Waals surface area (Å²) in [4.78, 5) is 0. The first-order valence-corrected chi connectivity index (χ1v) is 2.52. The van der Waals surface area contributed by atoms with E-state index in [4.69, 9.17) is 20.6 Å². The molecule has 2 atom stereocenters. The van der Waals surface area contributed by atoms with E-state index in [1.165, 1.54) is 0 Å². The SMILES string of the molecule is ON=C1C(=NO)C(O)C1O. The van der Waals surface area contributed by atoms with Crippen molar-refractivity contribution >= 4 is 11.4 Å². The number of hydrogen-bond donors (Lipinski definition) is 4. The molecule has 1 aliphatic rings. The smallest absolute Gasteiger partial charge is 0.139 e. The van der Waals surface area contributed by atoms with E-state index in [1.54, 1.807) is 0 Å². The van der Waals surface area contributed by atoms with E-state index >= 15 is 0 Å². The van der Waals surface area contributed by atoms with Gasteiger partial charge in [0.15, 0.2) is 0 Å². The lowest BCUT2D eigenvalue weighted by molar-refractivity contribution is 0.0854. The van der Waals surface area contributed by atoms with Gasteiger partial charge in [0.1, 0.15) is 23.6 Å². The van der Waals surface area contributed by atoms with Gasteiger partial charge in [-0.3, -0.25) is 0 Å². The molecule has 1 saturated carbocycles. The molecule has 1 rings (SSSR count). The zero-order chi connectivity index (χ0) is 7.72. The van der Waals surface area contributed by atoms with Crippen molar-refractivity contribution in [3.63, 3.8) is 0 Å². The molecule has 6 heteroatoms. The van der Waals surface area contributed by atoms with Gasteiger partial charge in [-0.2, -0.15) is 0 Å². The van der Waals surface area contributed by atoms with Gasteiger partial charge in [-0.05, 0) is 0 Å². The standard InChI is InChI=1S/C4H6N2O4/c7-3-1(5-9)2(6-10)4(3)8/h3-4,7-10H. The first-order chi connectivity index (χ1) is 4.72. The molecular formula is C4H6N2O4. The molecule has 0 heterocycles. The summed E-state index contributed by atoms with van der Waals surface area (Å²) < 4.78 is 0. The highest BCUT2D eigenvalue weighted by molar-refractivity contribution is 6.52. The summed E-state index contributed by atoms with van der Waals surface area (Å²) >= 11 is 0. The number of aliphatic hydroxyl groups is 2. The van der Waals surface area contributed by atoms with Crippen LogP contribution in [0.15, 0.2) is 10.3 Å². The van der Waals surface area contributed by atoms with Crippen molar-refractivity contribution in [1.29, 1.82) is 0 Å². The van der Waals surface area contributed by atoms with E-state index in [-0.39, 0.29) is 11.4 Å².